The molecule has 16 heteroatoms. The first kappa shape index (κ1) is 47.1. The van der Waals surface area contributed by atoms with Crippen molar-refractivity contribution in [3.63, 3.8) is 0 Å². The number of hydrogen-bond donors (Lipinski definition) is 3. The van der Waals surface area contributed by atoms with Crippen LogP contribution < -0.4 is 16.4 Å². The Labute approximate surface area is 366 Å². The lowest BCUT2D eigenvalue weighted by atomic mass is 9.95. The molecule has 3 heterocycles. The van der Waals surface area contributed by atoms with E-state index in [4.69, 9.17) is 24.7 Å². The van der Waals surface area contributed by atoms with Gasteiger partial charge in [0.2, 0.25) is 0 Å². The fourth-order valence-electron chi connectivity index (χ4n) is 6.65. The van der Waals surface area contributed by atoms with Gasteiger partial charge >= 0.3 is 12.2 Å². The molecule has 4 amide bonds. The third-order valence-corrected chi connectivity index (χ3v) is 12.0. The molecule has 61 heavy (non-hydrogen) atoms. The van der Waals surface area contributed by atoms with Crippen molar-refractivity contribution >= 4 is 47.5 Å². The van der Waals surface area contributed by atoms with Crippen LogP contribution in [0.3, 0.4) is 0 Å². The largest absolute Gasteiger partial charge is 0.445 e. The summed E-state index contributed by atoms with van der Waals surface area (Å²) >= 11 is 2.90. The molecular weight excluding hydrogens is 817 g/mol. The first-order valence-electron chi connectivity index (χ1n) is 20.2. The van der Waals surface area contributed by atoms with Gasteiger partial charge < -0.3 is 35.3 Å². The van der Waals surface area contributed by atoms with E-state index >= 15 is 9.59 Å². The summed E-state index contributed by atoms with van der Waals surface area (Å²) in [5.41, 5.74) is 8.46. The first-order chi connectivity index (χ1) is 29.2. The highest BCUT2D eigenvalue weighted by Crippen LogP contribution is 2.37. The van der Waals surface area contributed by atoms with Gasteiger partial charge in [0.15, 0.2) is 5.79 Å². The lowest BCUT2D eigenvalue weighted by molar-refractivity contribution is -0.164. The topological polar surface area (TPSA) is 184 Å². The molecule has 1 saturated heterocycles. The van der Waals surface area contributed by atoms with Crippen LogP contribution in [-0.2, 0) is 41.8 Å². The number of pyridine rings is 2. The number of hydrogen-bond acceptors (Lipinski definition) is 13. The second-order valence-electron chi connectivity index (χ2n) is 15.7. The monoisotopic (exact) mass is 872 g/mol. The van der Waals surface area contributed by atoms with E-state index in [1.54, 1.807) is 66.3 Å². The van der Waals surface area contributed by atoms with Crippen LogP contribution >= 0.6 is 23.5 Å². The van der Waals surface area contributed by atoms with Gasteiger partial charge in [-0.25, -0.2) is 9.59 Å². The lowest BCUT2D eigenvalue weighted by Gasteiger charge is -2.40. The van der Waals surface area contributed by atoms with Crippen LogP contribution in [0.5, 0.6) is 0 Å². The van der Waals surface area contributed by atoms with Crippen molar-refractivity contribution in [2.75, 3.05) is 11.5 Å². The predicted octanol–water partition coefficient (Wildman–Crippen LogP) is 6.83. The highest BCUT2D eigenvalue weighted by atomic mass is 32.2. The summed E-state index contributed by atoms with van der Waals surface area (Å²) in [5.74, 6) is -3.13. The van der Waals surface area contributed by atoms with Crippen molar-refractivity contribution in [2.45, 2.75) is 107 Å². The van der Waals surface area contributed by atoms with E-state index in [2.05, 4.69) is 20.6 Å². The van der Waals surface area contributed by atoms with E-state index in [9.17, 15) is 9.59 Å². The van der Waals surface area contributed by atoms with Crippen molar-refractivity contribution in [2.24, 2.45) is 17.6 Å². The fourth-order valence-corrected chi connectivity index (χ4v) is 8.55. The number of nitrogens with zero attached hydrogens (tertiary/aromatic N) is 3. The molecule has 5 rings (SSSR count). The Hall–Kier alpha value is -5.00. The molecule has 0 radical (unpaired) electrons. The van der Waals surface area contributed by atoms with Crippen LogP contribution in [0.15, 0.2) is 120 Å². The minimum atomic E-state index is -1.25. The van der Waals surface area contributed by atoms with Crippen LogP contribution in [-0.4, -0.2) is 92.5 Å². The number of carbonyl (C=O) groups is 4. The van der Waals surface area contributed by atoms with E-state index < -0.39 is 78.0 Å². The number of thioether (sulfide) groups is 2. The van der Waals surface area contributed by atoms with E-state index in [1.165, 1.54) is 23.5 Å². The Morgan fingerprint density at radius 1 is 0.672 bits per heavy atom. The van der Waals surface area contributed by atoms with Gasteiger partial charge in [-0.15, -0.1) is 23.5 Å². The van der Waals surface area contributed by atoms with Crippen LogP contribution in [0.4, 0.5) is 9.59 Å². The quantitative estimate of drug-likeness (QED) is 0.0834. The van der Waals surface area contributed by atoms with Gasteiger partial charge in [0.1, 0.15) is 37.5 Å². The molecule has 0 aliphatic carbocycles. The molecule has 0 unspecified atom stereocenters. The van der Waals surface area contributed by atoms with Crippen molar-refractivity contribution < 1.29 is 38.1 Å². The molecule has 1 fully saturated rings. The Balaban J connectivity index is 1.54. The molecule has 0 saturated carbocycles. The maximum Gasteiger partial charge on any atom is 0.408 e. The number of nitrogens with one attached hydrogen (secondary N) is 2. The Bertz CT molecular complexity index is 1920. The van der Waals surface area contributed by atoms with Crippen LogP contribution in [0.25, 0.3) is 0 Å². The third kappa shape index (κ3) is 14.0. The van der Waals surface area contributed by atoms with Crippen LogP contribution in [0.1, 0.15) is 52.7 Å². The number of amides is 4. The molecule has 4 aromatic rings. The molecule has 6 atom stereocenters. The molecule has 1 aliphatic rings. The predicted molar refractivity (Wildman–Crippen MR) is 234 cm³/mol. The average Bonchev–Trinajstić information content (AvgIpc) is 3.59. The van der Waals surface area contributed by atoms with E-state index in [-0.39, 0.29) is 19.0 Å². The second kappa shape index (κ2) is 22.7. The number of carbonyl (C=O) groups excluding carboxylic acids is 4. The molecule has 1 aliphatic heterocycles. The van der Waals surface area contributed by atoms with Gasteiger partial charge in [-0.05, 0) is 61.1 Å². The lowest BCUT2D eigenvalue weighted by Crippen LogP contribution is -2.65. The van der Waals surface area contributed by atoms with Gasteiger partial charge in [-0.3, -0.25) is 24.5 Å². The Morgan fingerprint density at radius 3 is 1.51 bits per heavy atom. The number of benzene rings is 2. The van der Waals surface area contributed by atoms with Crippen LogP contribution in [0, 0.1) is 11.8 Å². The summed E-state index contributed by atoms with van der Waals surface area (Å²) in [5, 5.41) is 5.48. The number of ether oxygens (including phenoxy) is 4. The second-order valence-corrected chi connectivity index (χ2v) is 17.9. The van der Waals surface area contributed by atoms with Crippen molar-refractivity contribution in [3.8, 4) is 0 Å². The van der Waals surface area contributed by atoms with Gasteiger partial charge in [-0.1, -0.05) is 88.4 Å². The highest BCUT2D eigenvalue weighted by molar-refractivity contribution is 7.99. The summed E-state index contributed by atoms with van der Waals surface area (Å²) in [7, 11) is 0. The van der Waals surface area contributed by atoms with Crippen molar-refractivity contribution in [1.82, 2.24) is 25.5 Å². The first-order valence-corrected chi connectivity index (χ1v) is 22.2. The number of nitrogens with two attached hydrogens (primary N) is 1. The zero-order valence-corrected chi connectivity index (χ0v) is 37.0. The van der Waals surface area contributed by atoms with Gasteiger partial charge in [0, 0.05) is 52.1 Å². The minimum Gasteiger partial charge on any atom is -0.445 e. The summed E-state index contributed by atoms with van der Waals surface area (Å²) in [6.45, 7) is 10.5. The van der Waals surface area contributed by atoms with Gasteiger partial charge in [-0.2, -0.15) is 0 Å². The van der Waals surface area contributed by atoms with Gasteiger partial charge in [0.25, 0.3) is 11.8 Å². The van der Waals surface area contributed by atoms with E-state index in [0.717, 1.165) is 25.8 Å². The zero-order valence-electron chi connectivity index (χ0n) is 35.3. The average molecular weight is 873 g/mol. The maximum atomic E-state index is 15.4. The van der Waals surface area contributed by atoms with E-state index in [1.807, 2.05) is 84.9 Å². The molecule has 0 bridgehead atoms. The Morgan fingerprint density at radius 2 is 1.08 bits per heavy atom. The molecular formula is C45H56N6O8S2. The smallest absolute Gasteiger partial charge is 0.408 e. The normalized spacial score (nSPS) is 17.8. The summed E-state index contributed by atoms with van der Waals surface area (Å²) in [4.78, 5) is 68.7. The van der Waals surface area contributed by atoms with Crippen LogP contribution in [0.2, 0.25) is 0 Å². The van der Waals surface area contributed by atoms with Crippen molar-refractivity contribution in [3.05, 3.63) is 121 Å². The fraction of sp³-hybridized carbons (Fsp3) is 0.422. The third-order valence-electron chi connectivity index (χ3n) is 9.77. The summed E-state index contributed by atoms with van der Waals surface area (Å²) < 4.78 is 24.3. The molecule has 2 aromatic carbocycles. The molecule has 0 spiro atoms. The summed E-state index contributed by atoms with van der Waals surface area (Å²) in [6.07, 6.45) is 3.25. The van der Waals surface area contributed by atoms with E-state index in [0.29, 0.717) is 5.75 Å². The number of alkyl carbamates (subject to hydrolysis) is 2. The number of imide groups is 1. The number of aromatic nitrogens is 2. The molecule has 4 N–H and O–H groups in total. The highest BCUT2D eigenvalue weighted by Gasteiger charge is 2.53. The van der Waals surface area contributed by atoms with Gasteiger partial charge in [0.05, 0.1) is 6.04 Å². The minimum absolute atomic E-state index is 0.0383. The number of rotatable bonds is 19. The maximum absolute atomic E-state index is 15.4. The molecule has 14 nitrogen and oxygen atoms in total. The van der Waals surface area contributed by atoms with Crippen molar-refractivity contribution in [1.29, 1.82) is 0 Å². The molecule has 2 aromatic heterocycles. The SMILES string of the molecule is CC(C)[C@H](NC(=O)OCc1ccccc1)C(=O)N(C(=O)[C@@H](NC(=O)OCc1ccccc1)C(C)C)[C@@H](CSc1ccncc1)[C@H]1OC(C)(C)O[C@@H]1[C@@H](N)CSc1ccncc1. The summed E-state index contributed by atoms with van der Waals surface area (Å²) in [6, 6.07) is 21.5. The molecule has 326 valence electrons. The standard InChI is InChI=1S/C45H56N6O8S2/c1-29(2)37(49-43(54)56-25-31-13-9-7-10-14-31)41(52)51(42(53)38(30(3)4)50-44(55)57-26-32-15-11-8-12-16-32)36(28-61-34-19-23-48-24-20-34)40-39(58-45(5,6)59-40)35(46)27-60-33-17-21-47-22-18-33/h7-24,29-30,35-40H,25-28,46H2,1-6H3,(H,49,54)(H,50,55)/t35-,36-,37-,38-,39+,40+/m0/s1. The zero-order chi connectivity index (χ0) is 43.9. The Kier molecular flexibility index (Phi) is 17.5.